The predicted octanol–water partition coefficient (Wildman–Crippen LogP) is 4.44. The van der Waals surface area contributed by atoms with Crippen LogP contribution in [0.3, 0.4) is 0 Å². The molecule has 1 fully saturated rings. The average molecular weight is 482 g/mol. The maximum atomic E-state index is 12.7. The standard InChI is InChI=1S/C20H23IN2O2S/c1-22-20(25)18(14-5-3-2-4-6-14)23-19(24)17-11-15(12-26-17)13-7-9-16(21)10-8-13/h7-12,14,18H,2-6H2,1H3,(H,22,25)(H,23,24)/t18-/m0/s1. The highest BCUT2D eigenvalue weighted by molar-refractivity contribution is 14.1. The third-order valence-corrected chi connectivity index (χ3v) is 6.59. The molecule has 1 aromatic heterocycles. The number of likely N-dealkylation sites (N-methyl/N-ethyl adjacent to an activating group) is 1. The zero-order valence-electron chi connectivity index (χ0n) is 14.8. The molecule has 6 heteroatoms. The van der Waals surface area contributed by atoms with Gasteiger partial charge in [0.1, 0.15) is 6.04 Å². The van der Waals surface area contributed by atoms with Gasteiger partial charge in [-0.15, -0.1) is 11.3 Å². The van der Waals surface area contributed by atoms with Gasteiger partial charge in [0.25, 0.3) is 5.91 Å². The summed E-state index contributed by atoms with van der Waals surface area (Å²) in [7, 11) is 1.63. The Bertz CT molecular complexity index is 766. The Balaban J connectivity index is 1.73. The summed E-state index contributed by atoms with van der Waals surface area (Å²) in [4.78, 5) is 25.7. The fourth-order valence-electron chi connectivity index (χ4n) is 3.48. The first-order chi connectivity index (χ1) is 12.6. The summed E-state index contributed by atoms with van der Waals surface area (Å²) in [5.41, 5.74) is 2.13. The monoisotopic (exact) mass is 482 g/mol. The second kappa shape index (κ2) is 8.99. The minimum atomic E-state index is -0.448. The lowest BCUT2D eigenvalue weighted by atomic mass is 9.83. The Kier molecular flexibility index (Phi) is 6.69. The molecule has 1 aromatic carbocycles. The molecular formula is C20H23IN2O2S. The fourth-order valence-corrected chi connectivity index (χ4v) is 4.66. The molecule has 0 bridgehead atoms. The summed E-state index contributed by atoms with van der Waals surface area (Å²) >= 11 is 3.70. The number of hydrogen-bond acceptors (Lipinski definition) is 3. The normalized spacial score (nSPS) is 16.1. The minimum Gasteiger partial charge on any atom is -0.357 e. The Labute approximate surface area is 171 Å². The van der Waals surface area contributed by atoms with Crippen LogP contribution in [0.5, 0.6) is 0 Å². The first-order valence-electron chi connectivity index (χ1n) is 8.95. The van der Waals surface area contributed by atoms with E-state index in [0.29, 0.717) is 4.88 Å². The summed E-state index contributed by atoms with van der Waals surface area (Å²) < 4.78 is 1.18. The van der Waals surface area contributed by atoms with E-state index in [1.54, 1.807) is 7.05 Å². The lowest BCUT2D eigenvalue weighted by Gasteiger charge is -2.29. The summed E-state index contributed by atoms with van der Waals surface area (Å²) in [6, 6.07) is 9.68. The van der Waals surface area contributed by atoms with Gasteiger partial charge in [-0.3, -0.25) is 9.59 Å². The third kappa shape index (κ3) is 4.65. The van der Waals surface area contributed by atoms with Crippen molar-refractivity contribution in [2.75, 3.05) is 7.05 Å². The van der Waals surface area contributed by atoms with Crippen LogP contribution in [0.2, 0.25) is 0 Å². The molecule has 1 aliphatic carbocycles. The molecule has 1 aliphatic rings. The molecule has 2 aromatic rings. The maximum Gasteiger partial charge on any atom is 0.262 e. The Hall–Kier alpha value is -1.41. The minimum absolute atomic E-state index is 0.0975. The molecule has 0 aliphatic heterocycles. The van der Waals surface area contributed by atoms with Crippen molar-refractivity contribution in [2.45, 2.75) is 38.1 Å². The lowest BCUT2D eigenvalue weighted by Crippen LogP contribution is -2.50. The average Bonchev–Trinajstić information content (AvgIpc) is 3.17. The first-order valence-corrected chi connectivity index (χ1v) is 10.9. The van der Waals surface area contributed by atoms with E-state index in [2.05, 4.69) is 57.5 Å². The van der Waals surface area contributed by atoms with Gasteiger partial charge >= 0.3 is 0 Å². The van der Waals surface area contributed by atoms with Gasteiger partial charge in [-0.25, -0.2) is 0 Å². The van der Waals surface area contributed by atoms with E-state index in [9.17, 15) is 9.59 Å². The lowest BCUT2D eigenvalue weighted by molar-refractivity contribution is -0.124. The van der Waals surface area contributed by atoms with Crippen molar-refractivity contribution in [2.24, 2.45) is 5.92 Å². The van der Waals surface area contributed by atoms with Crippen LogP contribution in [0.1, 0.15) is 41.8 Å². The second-order valence-electron chi connectivity index (χ2n) is 6.67. The number of rotatable bonds is 5. The number of amides is 2. The summed E-state index contributed by atoms with van der Waals surface area (Å²) in [5, 5.41) is 7.68. The van der Waals surface area contributed by atoms with Crippen LogP contribution in [-0.2, 0) is 4.79 Å². The molecule has 26 heavy (non-hydrogen) atoms. The van der Waals surface area contributed by atoms with Crippen molar-refractivity contribution in [1.82, 2.24) is 10.6 Å². The van der Waals surface area contributed by atoms with Crippen molar-refractivity contribution in [1.29, 1.82) is 0 Å². The largest absolute Gasteiger partial charge is 0.357 e. The molecule has 0 saturated heterocycles. The van der Waals surface area contributed by atoms with Crippen LogP contribution >= 0.6 is 33.9 Å². The van der Waals surface area contributed by atoms with Crippen LogP contribution in [0.4, 0.5) is 0 Å². The molecule has 2 N–H and O–H groups in total. The van der Waals surface area contributed by atoms with Gasteiger partial charge in [0.05, 0.1) is 4.88 Å². The van der Waals surface area contributed by atoms with Gasteiger partial charge in [0.15, 0.2) is 0 Å². The number of benzene rings is 1. The van der Waals surface area contributed by atoms with E-state index < -0.39 is 6.04 Å². The van der Waals surface area contributed by atoms with Gasteiger partial charge < -0.3 is 10.6 Å². The highest BCUT2D eigenvalue weighted by Crippen LogP contribution is 2.29. The highest BCUT2D eigenvalue weighted by Gasteiger charge is 2.30. The number of nitrogens with one attached hydrogen (secondary N) is 2. The van der Waals surface area contributed by atoms with Gasteiger partial charge in [0, 0.05) is 10.6 Å². The van der Waals surface area contributed by atoms with Crippen molar-refractivity contribution < 1.29 is 9.59 Å². The van der Waals surface area contributed by atoms with Crippen molar-refractivity contribution in [3.8, 4) is 11.1 Å². The summed E-state index contributed by atoms with van der Waals surface area (Å²) in [5.74, 6) is -0.0334. The zero-order valence-corrected chi connectivity index (χ0v) is 17.7. The Morgan fingerprint density at radius 2 is 1.81 bits per heavy atom. The van der Waals surface area contributed by atoms with E-state index in [4.69, 9.17) is 0 Å². The maximum absolute atomic E-state index is 12.7. The Morgan fingerprint density at radius 3 is 2.46 bits per heavy atom. The number of carbonyl (C=O) groups excluding carboxylic acids is 2. The van der Waals surface area contributed by atoms with Crippen LogP contribution in [-0.4, -0.2) is 24.9 Å². The van der Waals surface area contributed by atoms with E-state index in [0.717, 1.165) is 36.8 Å². The fraction of sp³-hybridized carbons (Fsp3) is 0.400. The van der Waals surface area contributed by atoms with Gasteiger partial charge in [-0.2, -0.15) is 0 Å². The van der Waals surface area contributed by atoms with Crippen LogP contribution in [0, 0.1) is 9.49 Å². The molecule has 1 heterocycles. The number of halogens is 1. The molecule has 0 radical (unpaired) electrons. The molecule has 3 rings (SSSR count). The third-order valence-electron chi connectivity index (χ3n) is 4.94. The summed E-state index contributed by atoms with van der Waals surface area (Å²) in [6.07, 6.45) is 5.47. The number of thiophene rings is 1. The molecule has 0 unspecified atom stereocenters. The van der Waals surface area contributed by atoms with E-state index >= 15 is 0 Å². The van der Waals surface area contributed by atoms with Gasteiger partial charge in [-0.1, -0.05) is 31.4 Å². The molecule has 4 nitrogen and oxygen atoms in total. The van der Waals surface area contributed by atoms with Crippen molar-refractivity contribution >= 4 is 45.7 Å². The molecule has 0 spiro atoms. The zero-order chi connectivity index (χ0) is 18.5. The predicted molar refractivity (Wildman–Crippen MR) is 114 cm³/mol. The topological polar surface area (TPSA) is 58.2 Å². The summed E-state index contributed by atoms with van der Waals surface area (Å²) in [6.45, 7) is 0. The Morgan fingerprint density at radius 1 is 1.12 bits per heavy atom. The SMILES string of the molecule is CNC(=O)[C@@H](NC(=O)c1cc(-c2ccc(I)cc2)cs1)C1CCCCC1. The smallest absolute Gasteiger partial charge is 0.262 e. The first kappa shape index (κ1) is 19.4. The molecular weight excluding hydrogens is 459 g/mol. The van der Waals surface area contributed by atoms with Gasteiger partial charge in [0.2, 0.25) is 5.91 Å². The van der Waals surface area contributed by atoms with Crippen molar-refractivity contribution in [3.05, 3.63) is 44.2 Å². The van der Waals surface area contributed by atoms with E-state index in [1.807, 2.05) is 11.4 Å². The quantitative estimate of drug-likeness (QED) is 0.620. The van der Waals surface area contributed by atoms with Crippen molar-refractivity contribution in [3.63, 3.8) is 0 Å². The molecule has 1 atom stereocenters. The molecule has 2 amide bonds. The second-order valence-corrected chi connectivity index (χ2v) is 8.83. The molecule has 1 saturated carbocycles. The van der Waals surface area contributed by atoms with Crippen LogP contribution < -0.4 is 10.6 Å². The number of carbonyl (C=O) groups is 2. The highest BCUT2D eigenvalue weighted by atomic mass is 127. The van der Waals surface area contributed by atoms with E-state index in [1.165, 1.54) is 21.3 Å². The number of hydrogen-bond donors (Lipinski definition) is 2. The van der Waals surface area contributed by atoms with Gasteiger partial charge in [-0.05, 0) is 76.1 Å². The van der Waals surface area contributed by atoms with Crippen LogP contribution in [0.15, 0.2) is 35.7 Å². The van der Waals surface area contributed by atoms with E-state index in [-0.39, 0.29) is 17.7 Å². The molecule has 138 valence electrons. The van der Waals surface area contributed by atoms with Crippen LogP contribution in [0.25, 0.3) is 11.1 Å².